The Morgan fingerprint density at radius 1 is 1.00 bits per heavy atom. The minimum Gasteiger partial charge on any atom is -0.465 e. The third-order valence-corrected chi connectivity index (χ3v) is 4.11. The van der Waals surface area contributed by atoms with E-state index in [1.807, 2.05) is 32.0 Å². The zero-order chi connectivity index (χ0) is 18.7. The van der Waals surface area contributed by atoms with Crippen molar-refractivity contribution in [2.75, 3.05) is 12.4 Å². The molecule has 26 heavy (non-hydrogen) atoms. The second-order valence-electron chi connectivity index (χ2n) is 5.91. The van der Waals surface area contributed by atoms with E-state index in [2.05, 4.69) is 10.4 Å². The predicted octanol–water partition coefficient (Wildman–Crippen LogP) is 3.53. The van der Waals surface area contributed by atoms with Crippen LogP contribution in [0, 0.1) is 13.8 Å². The molecule has 0 unspecified atom stereocenters. The number of nitrogens with zero attached hydrogens (tertiary/aromatic N) is 2. The molecule has 6 nitrogen and oxygen atoms in total. The van der Waals surface area contributed by atoms with Crippen molar-refractivity contribution in [3.8, 4) is 5.69 Å². The predicted molar refractivity (Wildman–Crippen MR) is 98.8 cm³/mol. The number of esters is 1. The lowest BCUT2D eigenvalue weighted by Gasteiger charge is -2.11. The number of aryl methyl sites for hydroxylation is 2. The van der Waals surface area contributed by atoms with Crippen LogP contribution < -0.4 is 5.32 Å². The van der Waals surface area contributed by atoms with E-state index in [0.717, 1.165) is 16.9 Å². The lowest BCUT2D eigenvalue weighted by Crippen LogP contribution is -2.14. The highest BCUT2D eigenvalue weighted by Crippen LogP contribution is 2.19. The van der Waals surface area contributed by atoms with E-state index in [4.69, 9.17) is 4.74 Å². The molecule has 1 aromatic heterocycles. The summed E-state index contributed by atoms with van der Waals surface area (Å²) in [5.41, 5.74) is 4.23. The van der Waals surface area contributed by atoms with Gasteiger partial charge in [0.25, 0.3) is 5.91 Å². The van der Waals surface area contributed by atoms with Gasteiger partial charge in [-0.3, -0.25) is 4.79 Å². The summed E-state index contributed by atoms with van der Waals surface area (Å²) in [6.45, 7) is 3.82. The van der Waals surface area contributed by atoms with Crippen LogP contribution in [0.25, 0.3) is 5.69 Å². The van der Waals surface area contributed by atoms with Gasteiger partial charge in [0.1, 0.15) is 0 Å². The Balaban J connectivity index is 1.80. The van der Waals surface area contributed by atoms with Crippen molar-refractivity contribution in [1.29, 1.82) is 0 Å². The molecule has 0 spiro atoms. The van der Waals surface area contributed by atoms with Crippen LogP contribution in [0.5, 0.6) is 0 Å². The smallest absolute Gasteiger partial charge is 0.337 e. The maximum atomic E-state index is 12.5. The third kappa shape index (κ3) is 3.49. The average Bonchev–Trinajstić information content (AvgIpc) is 3.09. The summed E-state index contributed by atoms with van der Waals surface area (Å²) in [6.07, 6.45) is 1.73. The minimum absolute atomic E-state index is 0.251. The van der Waals surface area contributed by atoms with Gasteiger partial charge in [0.05, 0.1) is 18.4 Å². The molecule has 1 heterocycles. The number of ether oxygens (including phenoxy) is 1. The summed E-state index contributed by atoms with van der Waals surface area (Å²) in [4.78, 5) is 24.2. The number of amides is 1. The summed E-state index contributed by atoms with van der Waals surface area (Å²) < 4.78 is 6.52. The van der Waals surface area contributed by atoms with Crippen molar-refractivity contribution < 1.29 is 14.3 Å². The van der Waals surface area contributed by atoms with E-state index in [-0.39, 0.29) is 5.91 Å². The maximum absolute atomic E-state index is 12.5. The zero-order valence-electron chi connectivity index (χ0n) is 14.8. The Morgan fingerprint density at radius 2 is 1.69 bits per heavy atom. The molecule has 1 amide bonds. The fraction of sp³-hybridized carbons (Fsp3) is 0.150. The molecule has 132 valence electrons. The van der Waals surface area contributed by atoms with E-state index >= 15 is 0 Å². The van der Waals surface area contributed by atoms with E-state index in [1.165, 1.54) is 7.11 Å². The minimum atomic E-state index is -0.445. The quantitative estimate of drug-likeness (QED) is 0.731. The second-order valence-corrected chi connectivity index (χ2v) is 5.91. The summed E-state index contributed by atoms with van der Waals surface area (Å²) in [5, 5.41) is 7.09. The normalized spacial score (nSPS) is 10.4. The van der Waals surface area contributed by atoms with Gasteiger partial charge in [-0.1, -0.05) is 6.07 Å². The molecule has 2 aromatic carbocycles. The van der Waals surface area contributed by atoms with E-state index in [1.54, 1.807) is 41.2 Å². The Hall–Kier alpha value is -3.41. The maximum Gasteiger partial charge on any atom is 0.337 e. The number of hydrogen-bond donors (Lipinski definition) is 1. The highest BCUT2D eigenvalue weighted by atomic mass is 16.5. The Kier molecular flexibility index (Phi) is 4.84. The number of rotatable bonds is 4. The number of benzene rings is 2. The standard InChI is InChI=1S/C20H19N3O3/c1-13-4-5-16(20(25)26-3)12-18(13)22-19(24)15-6-8-17(9-7-15)23-14(2)10-11-21-23/h4-12H,1-3H3,(H,22,24). The number of nitrogens with one attached hydrogen (secondary N) is 1. The number of carbonyl (C=O) groups is 2. The molecule has 0 aliphatic heterocycles. The molecule has 0 bridgehead atoms. The van der Waals surface area contributed by atoms with Gasteiger partial charge in [-0.05, 0) is 61.9 Å². The molecule has 0 aliphatic rings. The summed E-state index contributed by atoms with van der Waals surface area (Å²) in [7, 11) is 1.32. The van der Waals surface area contributed by atoms with Crippen LogP contribution in [0.15, 0.2) is 54.7 Å². The summed E-state index contributed by atoms with van der Waals surface area (Å²) >= 11 is 0. The first-order valence-corrected chi connectivity index (χ1v) is 8.11. The first kappa shape index (κ1) is 17.4. The first-order chi connectivity index (χ1) is 12.5. The largest absolute Gasteiger partial charge is 0.465 e. The molecular weight excluding hydrogens is 330 g/mol. The Morgan fingerprint density at radius 3 is 2.31 bits per heavy atom. The van der Waals surface area contributed by atoms with E-state index in [9.17, 15) is 9.59 Å². The molecule has 3 rings (SSSR count). The molecule has 0 saturated heterocycles. The van der Waals surface area contributed by atoms with Gasteiger partial charge in [-0.15, -0.1) is 0 Å². The van der Waals surface area contributed by atoms with Gasteiger partial charge in [0.15, 0.2) is 0 Å². The highest BCUT2D eigenvalue weighted by molar-refractivity contribution is 6.05. The van der Waals surface area contributed by atoms with Crippen LogP contribution in [0.4, 0.5) is 5.69 Å². The van der Waals surface area contributed by atoms with Crippen molar-refractivity contribution in [2.45, 2.75) is 13.8 Å². The number of carbonyl (C=O) groups excluding carboxylic acids is 2. The molecule has 0 saturated carbocycles. The topological polar surface area (TPSA) is 73.2 Å². The fourth-order valence-corrected chi connectivity index (χ4v) is 2.59. The first-order valence-electron chi connectivity index (χ1n) is 8.11. The number of anilines is 1. The Bertz CT molecular complexity index is 959. The number of aromatic nitrogens is 2. The van der Waals surface area contributed by atoms with E-state index in [0.29, 0.717) is 16.8 Å². The van der Waals surface area contributed by atoms with Gasteiger partial charge in [-0.2, -0.15) is 5.10 Å². The lowest BCUT2D eigenvalue weighted by molar-refractivity contribution is 0.0600. The van der Waals surface area contributed by atoms with Crippen LogP contribution >= 0.6 is 0 Å². The molecule has 0 aliphatic carbocycles. The zero-order valence-corrected chi connectivity index (χ0v) is 14.8. The molecule has 3 aromatic rings. The van der Waals surface area contributed by atoms with Gasteiger partial charge in [0, 0.05) is 23.1 Å². The van der Waals surface area contributed by atoms with Crippen molar-refractivity contribution in [3.63, 3.8) is 0 Å². The van der Waals surface area contributed by atoms with Crippen molar-refractivity contribution >= 4 is 17.6 Å². The highest BCUT2D eigenvalue weighted by Gasteiger charge is 2.12. The SMILES string of the molecule is COC(=O)c1ccc(C)c(NC(=O)c2ccc(-n3nccc3C)cc2)c1. The number of hydrogen-bond acceptors (Lipinski definition) is 4. The van der Waals surface area contributed by atoms with Gasteiger partial charge < -0.3 is 10.1 Å². The fourth-order valence-electron chi connectivity index (χ4n) is 2.59. The monoisotopic (exact) mass is 349 g/mol. The lowest BCUT2D eigenvalue weighted by atomic mass is 10.1. The molecular formula is C20H19N3O3. The summed E-state index contributed by atoms with van der Waals surface area (Å²) in [5.74, 6) is -0.696. The van der Waals surface area contributed by atoms with Crippen molar-refractivity contribution in [3.05, 3.63) is 77.1 Å². The molecule has 1 N–H and O–H groups in total. The van der Waals surface area contributed by atoms with Crippen LogP contribution in [0.1, 0.15) is 32.0 Å². The molecule has 0 radical (unpaired) electrons. The average molecular weight is 349 g/mol. The van der Waals surface area contributed by atoms with Crippen LogP contribution in [-0.4, -0.2) is 28.8 Å². The third-order valence-electron chi connectivity index (χ3n) is 4.11. The Labute approximate surface area is 151 Å². The molecule has 0 atom stereocenters. The van der Waals surface area contributed by atoms with Crippen LogP contribution in [0.3, 0.4) is 0 Å². The van der Waals surface area contributed by atoms with Gasteiger partial charge in [-0.25, -0.2) is 9.48 Å². The van der Waals surface area contributed by atoms with Crippen LogP contribution in [-0.2, 0) is 4.74 Å². The summed E-state index contributed by atoms with van der Waals surface area (Å²) in [6, 6.07) is 14.1. The number of methoxy groups -OCH3 is 1. The van der Waals surface area contributed by atoms with Crippen LogP contribution in [0.2, 0.25) is 0 Å². The van der Waals surface area contributed by atoms with Gasteiger partial charge >= 0.3 is 5.97 Å². The van der Waals surface area contributed by atoms with E-state index < -0.39 is 5.97 Å². The van der Waals surface area contributed by atoms with Gasteiger partial charge in [0.2, 0.25) is 0 Å². The molecule has 6 heteroatoms. The molecule has 0 fully saturated rings. The van der Waals surface area contributed by atoms with Crippen molar-refractivity contribution in [2.24, 2.45) is 0 Å². The van der Waals surface area contributed by atoms with Crippen molar-refractivity contribution in [1.82, 2.24) is 9.78 Å². The second kappa shape index (κ2) is 7.23.